The van der Waals surface area contributed by atoms with E-state index in [0.717, 1.165) is 0 Å². The van der Waals surface area contributed by atoms with Crippen molar-refractivity contribution in [2.75, 3.05) is 25.5 Å². The van der Waals surface area contributed by atoms with E-state index in [1.807, 2.05) is 5.32 Å². The van der Waals surface area contributed by atoms with Gasteiger partial charge in [-0.25, -0.2) is 4.79 Å². The Balaban J connectivity index is 2.67. The van der Waals surface area contributed by atoms with Gasteiger partial charge >= 0.3 is 12.1 Å². The Bertz CT molecular complexity index is 530. The Morgan fingerprint density at radius 2 is 1.95 bits per heavy atom. The number of methoxy groups -OCH3 is 1. The highest BCUT2D eigenvalue weighted by molar-refractivity contribution is 5.97. The molecule has 0 spiro atoms. The fraction of sp³-hybridized carbons (Fsp3) is 0.385. The maximum Gasteiger partial charge on any atom is 0.401 e. The van der Waals surface area contributed by atoms with Crippen molar-refractivity contribution >= 4 is 17.6 Å². The van der Waals surface area contributed by atoms with Gasteiger partial charge in [0.2, 0.25) is 5.91 Å². The Morgan fingerprint density at radius 1 is 1.29 bits per heavy atom. The number of esters is 1. The molecule has 0 bridgehead atoms. The van der Waals surface area contributed by atoms with Gasteiger partial charge in [-0.3, -0.25) is 4.79 Å². The first-order chi connectivity index (χ1) is 9.74. The number of benzene rings is 1. The zero-order valence-corrected chi connectivity index (χ0v) is 11.5. The fourth-order valence-corrected chi connectivity index (χ4v) is 1.61. The van der Waals surface area contributed by atoms with Crippen molar-refractivity contribution in [1.29, 1.82) is 0 Å². The SMILES string of the molecule is COC(=O)c1cccc(NC(=O)CNCC(F)(F)F)c1C. The minimum Gasteiger partial charge on any atom is -0.465 e. The molecule has 0 fully saturated rings. The van der Waals surface area contributed by atoms with Gasteiger partial charge in [0.05, 0.1) is 25.8 Å². The summed E-state index contributed by atoms with van der Waals surface area (Å²) < 4.78 is 40.4. The van der Waals surface area contributed by atoms with Crippen LogP contribution in [0.15, 0.2) is 18.2 Å². The van der Waals surface area contributed by atoms with Gasteiger partial charge in [-0.15, -0.1) is 0 Å². The summed E-state index contributed by atoms with van der Waals surface area (Å²) in [6.45, 7) is -0.131. The number of carbonyl (C=O) groups excluding carboxylic acids is 2. The topological polar surface area (TPSA) is 67.4 Å². The standard InChI is InChI=1S/C13H15F3N2O3/c1-8-9(12(20)21-2)4-3-5-10(8)18-11(19)6-17-7-13(14,15)16/h3-5,17H,6-7H2,1-2H3,(H,18,19). The summed E-state index contributed by atoms with van der Waals surface area (Å²) >= 11 is 0. The van der Waals surface area contributed by atoms with E-state index in [2.05, 4.69) is 10.1 Å². The molecule has 0 unspecified atom stereocenters. The number of hydrogen-bond donors (Lipinski definition) is 2. The van der Waals surface area contributed by atoms with Crippen molar-refractivity contribution in [3.8, 4) is 0 Å². The highest BCUT2D eigenvalue weighted by atomic mass is 19.4. The van der Waals surface area contributed by atoms with Crippen molar-refractivity contribution in [3.05, 3.63) is 29.3 Å². The van der Waals surface area contributed by atoms with E-state index in [-0.39, 0.29) is 5.56 Å². The van der Waals surface area contributed by atoms with Gasteiger partial charge in [-0.1, -0.05) is 6.07 Å². The average Bonchev–Trinajstić information content (AvgIpc) is 2.39. The molecule has 0 aromatic heterocycles. The van der Waals surface area contributed by atoms with Gasteiger partial charge in [-0.2, -0.15) is 13.2 Å². The number of carbonyl (C=O) groups is 2. The van der Waals surface area contributed by atoms with Crippen LogP contribution in [0.2, 0.25) is 0 Å². The van der Waals surface area contributed by atoms with E-state index in [0.29, 0.717) is 11.3 Å². The smallest absolute Gasteiger partial charge is 0.401 e. The highest BCUT2D eigenvalue weighted by Crippen LogP contribution is 2.19. The minimum atomic E-state index is -4.37. The summed E-state index contributed by atoms with van der Waals surface area (Å²) in [5.74, 6) is -1.19. The second-order valence-corrected chi connectivity index (χ2v) is 4.24. The number of alkyl halides is 3. The number of nitrogens with one attached hydrogen (secondary N) is 2. The third-order valence-corrected chi connectivity index (χ3v) is 2.62. The van der Waals surface area contributed by atoms with Crippen LogP contribution in [-0.4, -0.2) is 38.3 Å². The van der Waals surface area contributed by atoms with Crippen LogP contribution in [0.4, 0.5) is 18.9 Å². The Hall–Kier alpha value is -2.09. The second-order valence-electron chi connectivity index (χ2n) is 4.24. The van der Waals surface area contributed by atoms with E-state index in [9.17, 15) is 22.8 Å². The number of rotatable bonds is 5. The largest absolute Gasteiger partial charge is 0.465 e. The van der Waals surface area contributed by atoms with Crippen molar-refractivity contribution < 1.29 is 27.5 Å². The number of amides is 1. The lowest BCUT2D eigenvalue weighted by atomic mass is 10.1. The summed E-state index contributed by atoms with van der Waals surface area (Å²) in [7, 11) is 1.23. The predicted octanol–water partition coefficient (Wildman–Crippen LogP) is 1.87. The molecule has 2 N–H and O–H groups in total. The van der Waals surface area contributed by atoms with E-state index >= 15 is 0 Å². The van der Waals surface area contributed by atoms with E-state index < -0.39 is 31.1 Å². The number of hydrogen-bond acceptors (Lipinski definition) is 4. The number of anilines is 1. The summed E-state index contributed by atoms with van der Waals surface area (Å²) in [5, 5.41) is 4.42. The molecule has 1 amide bonds. The van der Waals surface area contributed by atoms with Crippen molar-refractivity contribution in [2.24, 2.45) is 0 Å². The van der Waals surface area contributed by atoms with Gasteiger partial charge in [0, 0.05) is 5.69 Å². The van der Waals surface area contributed by atoms with Gasteiger partial charge in [0.1, 0.15) is 0 Å². The highest BCUT2D eigenvalue weighted by Gasteiger charge is 2.26. The first-order valence-corrected chi connectivity index (χ1v) is 6.00. The van der Waals surface area contributed by atoms with Gasteiger partial charge in [0.15, 0.2) is 0 Å². The normalized spacial score (nSPS) is 11.1. The predicted molar refractivity (Wildman–Crippen MR) is 70.1 cm³/mol. The molecule has 0 aliphatic carbocycles. The Labute approximate surface area is 119 Å². The molecule has 0 aliphatic heterocycles. The monoisotopic (exact) mass is 304 g/mol. The van der Waals surface area contributed by atoms with Crippen LogP contribution in [0.3, 0.4) is 0 Å². The van der Waals surface area contributed by atoms with Crippen LogP contribution >= 0.6 is 0 Å². The van der Waals surface area contributed by atoms with Crippen molar-refractivity contribution in [2.45, 2.75) is 13.1 Å². The van der Waals surface area contributed by atoms with Gasteiger partial charge in [-0.05, 0) is 24.6 Å². The van der Waals surface area contributed by atoms with Gasteiger partial charge in [0.25, 0.3) is 0 Å². The van der Waals surface area contributed by atoms with Crippen molar-refractivity contribution in [1.82, 2.24) is 5.32 Å². The molecule has 0 saturated heterocycles. The lowest BCUT2D eigenvalue weighted by molar-refractivity contribution is -0.127. The molecule has 1 aromatic rings. The first-order valence-electron chi connectivity index (χ1n) is 6.00. The molecule has 1 aromatic carbocycles. The molecular weight excluding hydrogens is 289 g/mol. The average molecular weight is 304 g/mol. The van der Waals surface area contributed by atoms with Crippen LogP contribution < -0.4 is 10.6 Å². The first kappa shape index (κ1) is 17.0. The molecule has 0 saturated carbocycles. The van der Waals surface area contributed by atoms with Gasteiger partial charge < -0.3 is 15.4 Å². The molecular formula is C13H15F3N2O3. The fourth-order valence-electron chi connectivity index (χ4n) is 1.61. The third kappa shape index (κ3) is 5.42. The summed E-state index contributed by atoms with van der Waals surface area (Å²) in [5.41, 5.74) is 1.10. The summed E-state index contributed by atoms with van der Waals surface area (Å²) in [4.78, 5) is 23.0. The molecule has 5 nitrogen and oxygen atoms in total. The Kier molecular flexibility index (Phi) is 5.71. The molecule has 0 atom stereocenters. The van der Waals surface area contributed by atoms with Crippen LogP contribution in [0.5, 0.6) is 0 Å². The molecule has 8 heteroatoms. The number of ether oxygens (including phenoxy) is 1. The Morgan fingerprint density at radius 3 is 2.52 bits per heavy atom. The maximum absolute atomic E-state index is 11.9. The molecule has 0 heterocycles. The van der Waals surface area contributed by atoms with Crippen LogP contribution in [0.1, 0.15) is 15.9 Å². The molecule has 116 valence electrons. The quantitative estimate of drug-likeness (QED) is 0.815. The summed E-state index contributed by atoms with van der Waals surface area (Å²) in [6.07, 6.45) is -4.37. The van der Waals surface area contributed by atoms with E-state index in [4.69, 9.17) is 0 Å². The minimum absolute atomic E-state index is 0.276. The summed E-state index contributed by atoms with van der Waals surface area (Å²) in [6, 6.07) is 4.61. The zero-order chi connectivity index (χ0) is 16.0. The van der Waals surface area contributed by atoms with Crippen LogP contribution in [-0.2, 0) is 9.53 Å². The van der Waals surface area contributed by atoms with Crippen molar-refractivity contribution in [3.63, 3.8) is 0 Å². The van der Waals surface area contributed by atoms with Crippen LogP contribution in [0.25, 0.3) is 0 Å². The van der Waals surface area contributed by atoms with E-state index in [1.165, 1.54) is 19.2 Å². The second kappa shape index (κ2) is 7.07. The molecule has 1 rings (SSSR count). The zero-order valence-electron chi connectivity index (χ0n) is 11.5. The number of halogens is 3. The maximum atomic E-state index is 11.9. The van der Waals surface area contributed by atoms with Crippen LogP contribution in [0, 0.1) is 6.92 Å². The third-order valence-electron chi connectivity index (χ3n) is 2.62. The molecule has 0 radical (unpaired) electrons. The lowest BCUT2D eigenvalue weighted by Crippen LogP contribution is -2.35. The van der Waals surface area contributed by atoms with E-state index in [1.54, 1.807) is 13.0 Å². The molecule has 0 aliphatic rings. The molecule has 21 heavy (non-hydrogen) atoms. The lowest BCUT2D eigenvalue weighted by Gasteiger charge is -2.12.